The lowest BCUT2D eigenvalue weighted by Gasteiger charge is -2.22. The van der Waals surface area contributed by atoms with E-state index in [1.807, 2.05) is 6.92 Å². The normalized spacial score (nSPS) is 15.2. The molecule has 40 heavy (non-hydrogen) atoms. The third kappa shape index (κ3) is 6.00. The zero-order valence-corrected chi connectivity index (χ0v) is 22.9. The number of nitrogens with one attached hydrogen (secondary N) is 2. The van der Waals surface area contributed by atoms with E-state index < -0.39 is 6.29 Å². The van der Waals surface area contributed by atoms with Crippen LogP contribution in [0.25, 0.3) is 22.4 Å². The Balaban J connectivity index is 1.37. The number of benzene rings is 2. The highest BCUT2D eigenvalue weighted by atomic mass is 16.8. The van der Waals surface area contributed by atoms with Gasteiger partial charge in [0, 0.05) is 25.6 Å². The van der Waals surface area contributed by atoms with E-state index in [0.717, 1.165) is 31.4 Å². The quantitative estimate of drug-likeness (QED) is 0.274. The summed E-state index contributed by atoms with van der Waals surface area (Å²) in [4.78, 5) is 38.5. The Kier molecular flexibility index (Phi) is 8.42. The summed E-state index contributed by atoms with van der Waals surface area (Å²) < 4.78 is 18.9. The van der Waals surface area contributed by atoms with Crippen molar-refractivity contribution >= 4 is 16.9 Å². The lowest BCUT2D eigenvalue weighted by molar-refractivity contribution is -0.186. The molecule has 2 N–H and O–H groups in total. The van der Waals surface area contributed by atoms with Crippen molar-refractivity contribution in [1.82, 2.24) is 25.2 Å². The molecule has 1 fully saturated rings. The molecule has 1 saturated heterocycles. The summed E-state index contributed by atoms with van der Waals surface area (Å²) in [6.45, 7) is 5.01. The molecule has 210 valence electrons. The van der Waals surface area contributed by atoms with Gasteiger partial charge in [0.25, 0.3) is 11.5 Å². The number of H-pyrrole nitrogens is 1. The molecule has 1 aliphatic heterocycles. The summed E-state index contributed by atoms with van der Waals surface area (Å²) in [5, 5.41) is 4.50. The van der Waals surface area contributed by atoms with Gasteiger partial charge in [-0.05, 0) is 68.7 Å². The van der Waals surface area contributed by atoms with Gasteiger partial charge in [-0.15, -0.1) is 0 Å². The van der Waals surface area contributed by atoms with Crippen molar-refractivity contribution in [2.24, 2.45) is 7.05 Å². The van der Waals surface area contributed by atoms with Crippen LogP contribution in [0.3, 0.4) is 0 Å². The van der Waals surface area contributed by atoms with Gasteiger partial charge >= 0.3 is 0 Å². The predicted molar refractivity (Wildman–Crippen MR) is 148 cm³/mol. The number of nitrogens with zero attached hydrogens (tertiary/aromatic N) is 3. The van der Waals surface area contributed by atoms with E-state index in [1.54, 1.807) is 54.2 Å². The molecule has 0 aliphatic carbocycles. The Morgan fingerprint density at radius 2 is 1.95 bits per heavy atom. The van der Waals surface area contributed by atoms with Crippen LogP contribution in [0.2, 0.25) is 0 Å². The van der Waals surface area contributed by atoms with Crippen LogP contribution in [0.4, 0.5) is 0 Å². The maximum absolute atomic E-state index is 13.0. The summed E-state index contributed by atoms with van der Waals surface area (Å²) in [6, 6.07) is 12.0. The maximum Gasteiger partial charge on any atom is 0.277 e. The van der Waals surface area contributed by atoms with Crippen LogP contribution in [0, 0.1) is 0 Å². The van der Waals surface area contributed by atoms with Crippen LogP contribution < -0.4 is 20.5 Å². The fourth-order valence-corrected chi connectivity index (χ4v) is 4.61. The van der Waals surface area contributed by atoms with E-state index in [1.165, 1.54) is 0 Å². The molecule has 0 bridgehead atoms. The molecule has 11 heteroatoms. The second-order valence-corrected chi connectivity index (χ2v) is 9.49. The standard InChI is InChI=1S/C29H33N5O6/c1-4-8-22-25-26(34(3)32-22)29(36)31-27(30-25)21-17-20(14-15-23(21)37-5-2)39-19-12-10-18(11-13-19)28(35)33-40-24-9-6-7-16-38-24/h10-15,17,24H,4-9,16H2,1-3H3,(H,33,35)(H,30,31,36). The van der Waals surface area contributed by atoms with Crippen LogP contribution in [0.15, 0.2) is 47.3 Å². The number of hydrogen-bond acceptors (Lipinski definition) is 8. The predicted octanol–water partition coefficient (Wildman–Crippen LogP) is 4.66. The molecule has 3 heterocycles. The van der Waals surface area contributed by atoms with Gasteiger partial charge in [0.15, 0.2) is 11.8 Å². The van der Waals surface area contributed by atoms with Gasteiger partial charge < -0.3 is 19.2 Å². The fraction of sp³-hybridized carbons (Fsp3) is 0.379. The number of aromatic nitrogens is 4. The summed E-state index contributed by atoms with van der Waals surface area (Å²) in [7, 11) is 1.74. The summed E-state index contributed by atoms with van der Waals surface area (Å²) >= 11 is 0. The van der Waals surface area contributed by atoms with Crippen molar-refractivity contribution in [2.45, 2.75) is 52.2 Å². The van der Waals surface area contributed by atoms with E-state index in [9.17, 15) is 9.59 Å². The number of carbonyl (C=O) groups excluding carboxylic acids is 1. The lowest BCUT2D eigenvalue weighted by Crippen LogP contribution is -2.33. The number of carbonyl (C=O) groups is 1. The Labute approximate surface area is 231 Å². The van der Waals surface area contributed by atoms with Gasteiger partial charge in [0.05, 0.1) is 17.9 Å². The van der Waals surface area contributed by atoms with E-state index >= 15 is 0 Å². The van der Waals surface area contributed by atoms with Crippen LogP contribution >= 0.6 is 0 Å². The number of ether oxygens (including phenoxy) is 3. The van der Waals surface area contributed by atoms with E-state index in [4.69, 9.17) is 24.0 Å². The van der Waals surface area contributed by atoms with Gasteiger partial charge in [-0.2, -0.15) is 5.10 Å². The van der Waals surface area contributed by atoms with Crippen molar-refractivity contribution in [1.29, 1.82) is 0 Å². The third-order valence-electron chi connectivity index (χ3n) is 6.53. The number of hydroxylamine groups is 1. The topological polar surface area (TPSA) is 130 Å². The van der Waals surface area contributed by atoms with Gasteiger partial charge in [-0.1, -0.05) is 13.3 Å². The second kappa shape index (κ2) is 12.3. The Hall–Kier alpha value is -4.22. The van der Waals surface area contributed by atoms with Crippen LogP contribution in [-0.4, -0.2) is 45.2 Å². The number of amides is 1. The molecule has 1 aliphatic rings. The Morgan fingerprint density at radius 3 is 2.67 bits per heavy atom. The first-order valence-electron chi connectivity index (χ1n) is 13.6. The first kappa shape index (κ1) is 27.4. The second-order valence-electron chi connectivity index (χ2n) is 9.49. The zero-order chi connectivity index (χ0) is 28.1. The van der Waals surface area contributed by atoms with E-state index in [-0.39, 0.29) is 11.5 Å². The highest BCUT2D eigenvalue weighted by Crippen LogP contribution is 2.34. The van der Waals surface area contributed by atoms with Crippen molar-refractivity contribution in [3.8, 4) is 28.6 Å². The van der Waals surface area contributed by atoms with E-state index in [0.29, 0.717) is 64.9 Å². The average Bonchev–Trinajstić information content (AvgIpc) is 3.29. The summed E-state index contributed by atoms with van der Waals surface area (Å²) in [5.74, 6) is 1.60. The van der Waals surface area contributed by atoms with Crippen molar-refractivity contribution in [3.63, 3.8) is 0 Å². The summed E-state index contributed by atoms with van der Waals surface area (Å²) in [6.07, 6.45) is 3.92. The third-order valence-corrected chi connectivity index (χ3v) is 6.53. The molecule has 1 atom stereocenters. The molecule has 1 amide bonds. The average molecular weight is 548 g/mol. The van der Waals surface area contributed by atoms with Crippen LogP contribution in [-0.2, 0) is 23.0 Å². The smallest absolute Gasteiger partial charge is 0.277 e. The first-order chi connectivity index (χ1) is 19.5. The number of hydrogen-bond donors (Lipinski definition) is 2. The minimum atomic E-state index is -0.421. The molecule has 2 aromatic carbocycles. The molecule has 0 radical (unpaired) electrons. The molecule has 4 aromatic rings. The number of aromatic amines is 1. The molecule has 2 aromatic heterocycles. The molecular formula is C29H33N5O6. The number of aryl methyl sites for hydroxylation is 2. The minimum absolute atomic E-state index is 0.279. The molecular weight excluding hydrogens is 514 g/mol. The fourth-order valence-electron chi connectivity index (χ4n) is 4.61. The lowest BCUT2D eigenvalue weighted by atomic mass is 10.1. The van der Waals surface area contributed by atoms with Gasteiger partial charge in [-0.25, -0.2) is 15.3 Å². The van der Waals surface area contributed by atoms with Crippen molar-refractivity contribution in [2.75, 3.05) is 13.2 Å². The minimum Gasteiger partial charge on any atom is -0.493 e. The molecule has 0 saturated carbocycles. The van der Waals surface area contributed by atoms with Crippen LogP contribution in [0.5, 0.6) is 17.2 Å². The van der Waals surface area contributed by atoms with Gasteiger partial charge in [0.2, 0.25) is 0 Å². The molecule has 0 spiro atoms. The van der Waals surface area contributed by atoms with E-state index in [2.05, 4.69) is 22.5 Å². The molecule has 11 nitrogen and oxygen atoms in total. The maximum atomic E-state index is 13.0. The van der Waals surface area contributed by atoms with Crippen molar-refractivity contribution < 1.29 is 23.8 Å². The Morgan fingerprint density at radius 1 is 1.15 bits per heavy atom. The number of rotatable bonds is 10. The molecule has 1 unspecified atom stereocenters. The number of fused-ring (bicyclic) bond motifs is 1. The van der Waals surface area contributed by atoms with Crippen LogP contribution in [0.1, 0.15) is 55.6 Å². The monoisotopic (exact) mass is 547 g/mol. The summed E-state index contributed by atoms with van der Waals surface area (Å²) in [5.41, 5.74) is 4.96. The Bertz CT molecular complexity index is 1540. The highest BCUT2D eigenvalue weighted by molar-refractivity contribution is 5.93. The van der Waals surface area contributed by atoms with Gasteiger partial charge in [0.1, 0.15) is 28.6 Å². The van der Waals surface area contributed by atoms with Gasteiger partial charge in [-0.3, -0.25) is 14.3 Å². The highest BCUT2D eigenvalue weighted by Gasteiger charge is 2.19. The SMILES string of the molecule is CCCc1nn(C)c2c(=O)[nH]c(-c3cc(Oc4ccc(C(=O)NOC5CCCCO5)cc4)ccc3OCC)nc12. The zero-order valence-electron chi connectivity index (χ0n) is 22.9. The first-order valence-corrected chi connectivity index (χ1v) is 13.6. The van der Waals surface area contributed by atoms with Crippen molar-refractivity contribution in [3.05, 3.63) is 64.1 Å². The largest absolute Gasteiger partial charge is 0.493 e. The molecule has 5 rings (SSSR count).